The molecule has 0 spiro atoms. The number of rotatable bonds is 4. The van der Waals surface area contributed by atoms with Crippen LogP contribution in [-0.4, -0.2) is 23.9 Å². The predicted octanol–water partition coefficient (Wildman–Crippen LogP) is 4.28. The zero-order valence-corrected chi connectivity index (χ0v) is 12.6. The minimum Gasteiger partial charge on any atom is -0.389 e. The van der Waals surface area contributed by atoms with Crippen LogP contribution in [0.2, 0.25) is 0 Å². The normalized spacial score (nSPS) is 13.7. The van der Waals surface area contributed by atoms with Crippen molar-refractivity contribution in [2.75, 3.05) is 11.4 Å². The van der Waals surface area contributed by atoms with Gasteiger partial charge in [0.25, 0.3) is 0 Å². The topological polar surface area (TPSA) is 23.5 Å². The molecular formula is C13H17BrF3NO. The molecule has 0 bridgehead atoms. The maximum Gasteiger partial charge on any atom is 0.405 e. The van der Waals surface area contributed by atoms with Gasteiger partial charge in [0.05, 0.1) is 11.8 Å². The molecule has 0 aliphatic heterocycles. The van der Waals surface area contributed by atoms with E-state index in [2.05, 4.69) is 15.9 Å². The van der Waals surface area contributed by atoms with Crippen LogP contribution >= 0.6 is 15.9 Å². The van der Waals surface area contributed by atoms with Gasteiger partial charge in [0.2, 0.25) is 0 Å². The molecule has 0 saturated carbocycles. The molecule has 19 heavy (non-hydrogen) atoms. The van der Waals surface area contributed by atoms with Crippen LogP contribution in [0.25, 0.3) is 0 Å². The van der Waals surface area contributed by atoms with Gasteiger partial charge in [-0.2, -0.15) is 13.2 Å². The van der Waals surface area contributed by atoms with Crippen molar-refractivity contribution in [2.45, 2.75) is 39.1 Å². The van der Waals surface area contributed by atoms with Crippen LogP contribution in [0.3, 0.4) is 0 Å². The molecule has 0 amide bonds. The molecule has 0 saturated heterocycles. The highest BCUT2D eigenvalue weighted by Crippen LogP contribution is 2.32. The van der Waals surface area contributed by atoms with Crippen molar-refractivity contribution in [3.8, 4) is 0 Å². The maximum atomic E-state index is 12.6. The van der Waals surface area contributed by atoms with Crippen molar-refractivity contribution in [1.82, 2.24) is 0 Å². The van der Waals surface area contributed by atoms with E-state index in [4.69, 9.17) is 0 Å². The van der Waals surface area contributed by atoms with Crippen LogP contribution < -0.4 is 4.90 Å². The van der Waals surface area contributed by atoms with Gasteiger partial charge in [-0.3, -0.25) is 0 Å². The Morgan fingerprint density at radius 2 is 1.84 bits per heavy atom. The number of aliphatic hydroxyl groups excluding tert-OH is 1. The largest absolute Gasteiger partial charge is 0.405 e. The summed E-state index contributed by atoms with van der Waals surface area (Å²) in [5, 5.41) is 9.46. The van der Waals surface area contributed by atoms with Crippen LogP contribution in [0.4, 0.5) is 18.9 Å². The zero-order chi connectivity index (χ0) is 14.8. The zero-order valence-electron chi connectivity index (χ0n) is 11.0. The molecule has 0 fully saturated rings. The molecule has 0 aliphatic rings. The third-order valence-electron chi connectivity index (χ3n) is 2.74. The van der Waals surface area contributed by atoms with Crippen molar-refractivity contribution in [2.24, 2.45) is 0 Å². The average molecular weight is 340 g/mol. The van der Waals surface area contributed by atoms with E-state index in [0.29, 0.717) is 15.7 Å². The fraction of sp³-hybridized carbons (Fsp3) is 0.538. The van der Waals surface area contributed by atoms with Crippen molar-refractivity contribution in [3.63, 3.8) is 0 Å². The molecule has 6 heteroatoms. The van der Waals surface area contributed by atoms with Crippen LogP contribution in [0, 0.1) is 0 Å². The molecule has 108 valence electrons. The van der Waals surface area contributed by atoms with E-state index in [1.165, 1.54) is 4.90 Å². The lowest BCUT2D eigenvalue weighted by molar-refractivity contribution is -0.120. The second-order valence-corrected chi connectivity index (χ2v) is 5.58. The summed E-state index contributed by atoms with van der Waals surface area (Å²) in [6, 6.07) is 4.59. The molecule has 1 atom stereocenters. The minimum absolute atomic E-state index is 0.282. The van der Waals surface area contributed by atoms with Crippen molar-refractivity contribution in [3.05, 3.63) is 28.2 Å². The monoisotopic (exact) mass is 339 g/mol. The van der Waals surface area contributed by atoms with Gasteiger partial charge in [-0.1, -0.05) is 6.07 Å². The molecule has 1 N–H and O–H groups in total. The number of benzene rings is 1. The number of hydrogen-bond donors (Lipinski definition) is 1. The van der Waals surface area contributed by atoms with E-state index < -0.39 is 18.8 Å². The summed E-state index contributed by atoms with van der Waals surface area (Å²) in [6.07, 6.45) is -4.91. The van der Waals surface area contributed by atoms with E-state index in [-0.39, 0.29) is 6.04 Å². The summed E-state index contributed by atoms with van der Waals surface area (Å²) < 4.78 is 38.3. The first-order valence-electron chi connectivity index (χ1n) is 5.92. The van der Waals surface area contributed by atoms with Crippen molar-refractivity contribution >= 4 is 21.6 Å². The highest BCUT2D eigenvalue weighted by Gasteiger charge is 2.32. The highest BCUT2D eigenvalue weighted by molar-refractivity contribution is 9.10. The Kier molecular flexibility index (Phi) is 5.26. The Morgan fingerprint density at radius 1 is 1.26 bits per heavy atom. The third-order valence-corrected chi connectivity index (χ3v) is 3.37. The van der Waals surface area contributed by atoms with E-state index in [1.54, 1.807) is 39.0 Å². The number of alkyl halides is 3. The quantitative estimate of drug-likeness (QED) is 0.884. The molecule has 0 heterocycles. The SMILES string of the molecule is CC(C)N(CC(F)(F)F)c1ccc([C@H](C)O)cc1Br. The fourth-order valence-electron chi connectivity index (χ4n) is 1.76. The fourth-order valence-corrected chi connectivity index (χ4v) is 2.38. The number of aliphatic hydroxyl groups is 1. The van der Waals surface area contributed by atoms with E-state index in [1.807, 2.05) is 0 Å². The summed E-state index contributed by atoms with van der Waals surface area (Å²) in [4.78, 5) is 1.27. The molecular weight excluding hydrogens is 323 g/mol. The highest BCUT2D eigenvalue weighted by atomic mass is 79.9. The lowest BCUT2D eigenvalue weighted by Gasteiger charge is -2.31. The summed E-state index contributed by atoms with van der Waals surface area (Å²) in [6.45, 7) is 4.02. The van der Waals surface area contributed by atoms with E-state index >= 15 is 0 Å². The number of nitrogens with zero attached hydrogens (tertiary/aromatic N) is 1. The Hall–Kier alpha value is -0.750. The second kappa shape index (κ2) is 6.13. The molecule has 0 radical (unpaired) electrons. The predicted molar refractivity (Wildman–Crippen MR) is 73.3 cm³/mol. The van der Waals surface area contributed by atoms with E-state index in [0.717, 1.165) is 0 Å². The third kappa shape index (κ3) is 4.69. The Bertz CT molecular complexity index is 432. The molecule has 1 aromatic carbocycles. The smallest absolute Gasteiger partial charge is 0.389 e. The number of hydrogen-bond acceptors (Lipinski definition) is 2. The summed E-state index contributed by atoms with van der Waals surface area (Å²) >= 11 is 3.27. The van der Waals surface area contributed by atoms with Gasteiger partial charge in [0.15, 0.2) is 0 Å². The Morgan fingerprint density at radius 3 is 2.21 bits per heavy atom. The first-order valence-corrected chi connectivity index (χ1v) is 6.72. The maximum absolute atomic E-state index is 12.6. The molecule has 2 nitrogen and oxygen atoms in total. The first kappa shape index (κ1) is 16.3. The van der Waals surface area contributed by atoms with Gasteiger partial charge < -0.3 is 10.0 Å². The van der Waals surface area contributed by atoms with Gasteiger partial charge in [-0.05, 0) is 54.4 Å². The summed E-state index contributed by atoms with van der Waals surface area (Å²) in [7, 11) is 0. The van der Waals surface area contributed by atoms with Crippen LogP contribution in [-0.2, 0) is 0 Å². The number of halogens is 4. The van der Waals surface area contributed by atoms with Gasteiger partial charge >= 0.3 is 6.18 Å². The summed E-state index contributed by atoms with van der Waals surface area (Å²) in [5.74, 6) is 0. The lowest BCUT2D eigenvalue weighted by Crippen LogP contribution is -2.39. The standard InChI is InChI=1S/C13H17BrF3NO/c1-8(2)18(7-13(15,16)17)12-5-4-10(9(3)19)6-11(12)14/h4-6,8-9,19H,7H2,1-3H3/t9-/m0/s1. The van der Waals surface area contributed by atoms with Gasteiger partial charge in [-0.25, -0.2) is 0 Å². The molecule has 0 aliphatic carbocycles. The Balaban J connectivity index is 3.10. The summed E-state index contributed by atoms with van der Waals surface area (Å²) in [5.41, 5.74) is 1.13. The lowest BCUT2D eigenvalue weighted by atomic mass is 10.1. The van der Waals surface area contributed by atoms with Gasteiger partial charge in [-0.15, -0.1) is 0 Å². The molecule has 0 aromatic heterocycles. The first-order chi connectivity index (χ1) is 8.61. The Labute approximate surface area is 119 Å². The van der Waals surface area contributed by atoms with E-state index in [9.17, 15) is 18.3 Å². The van der Waals surface area contributed by atoms with Crippen molar-refractivity contribution in [1.29, 1.82) is 0 Å². The average Bonchev–Trinajstić information content (AvgIpc) is 2.24. The molecule has 1 rings (SSSR count). The molecule has 0 unspecified atom stereocenters. The van der Waals surface area contributed by atoms with Gasteiger partial charge in [0, 0.05) is 10.5 Å². The minimum atomic E-state index is -4.26. The molecule has 1 aromatic rings. The van der Waals surface area contributed by atoms with Crippen LogP contribution in [0.1, 0.15) is 32.4 Å². The van der Waals surface area contributed by atoms with Crippen molar-refractivity contribution < 1.29 is 18.3 Å². The second-order valence-electron chi connectivity index (χ2n) is 4.72. The van der Waals surface area contributed by atoms with Gasteiger partial charge in [0.1, 0.15) is 6.54 Å². The number of anilines is 1. The van der Waals surface area contributed by atoms with Crippen LogP contribution in [0.15, 0.2) is 22.7 Å². The van der Waals surface area contributed by atoms with Crippen LogP contribution in [0.5, 0.6) is 0 Å².